The summed E-state index contributed by atoms with van der Waals surface area (Å²) in [6.45, 7) is 2.43. The van der Waals surface area contributed by atoms with E-state index in [4.69, 9.17) is 5.11 Å². The highest BCUT2D eigenvalue weighted by Gasteiger charge is 2.24. The Bertz CT molecular complexity index is 269. The highest BCUT2D eigenvalue weighted by Crippen LogP contribution is 2.27. The van der Waals surface area contributed by atoms with Crippen molar-refractivity contribution in [3.8, 4) is 0 Å². The molecule has 0 amide bonds. The first kappa shape index (κ1) is 11.1. The maximum atomic E-state index is 8.89. The molecular weight excluding hydrogens is 206 g/mol. The Morgan fingerprint density at radius 3 is 2.87 bits per heavy atom. The summed E-state index contributed by atoms with van der Waals surface area (Å²) in [5.41, 5.74) is 0. The lowest BCUT2D eigenvalue weighted by molar-refractivity contribution is 0.110. The van der Waals surface area contributed by atoms with Crippen molar-refractivity contribution in [3.63, 3.8) is 0 Å². The Labute approximate surface area is 95.5 Å². The van der Waals surface area contributed by atoms with Gasteiger partial charge >= 0.3 is 0 Å². The predicted octanol–water partition coefficient (Wildman–Crippen LogP) is 2.49. The van der Waals surface area contributed by atoms with Crippen molar-refractivity contribution in [1.82, 2.24) is 4.90 Å². The average Bonchev–Trinajstić information content (AvgIpc) is 2.64. The molecule has 0 aromatic carbocycles. The van der Waals surface area contributed by atoms with Crippen LogP contribution in [-0.2, 0) is 6.54 Å². The molecule has 1 N–H and O–H groups in total. The molecule has 3 heteroatoms. The largest absolute Gasteiger partial charge is 0.396 e. The van der Waals surface area contributed by atoms with Crippen molar-refractivity contribution in [2.45, 2.75) is 38.3 Å². The van der Waals surface area contributed by atoms with Crippen molar-refractivity contribution >= 4 is 11.3 Å². The van der Waals surface area contributed by atoms with E-state index >= 15 is 0 Å². The molecule has 15 heavy (non-hydrogen) atoms. The van der Waals surface area contributed by atoms with Gasteiger partial charge in [-0.05, 0) is 30.7 Å². The predicted molar refractivity (Wildman–Crippen MR) is 64.1 cm³/mol. The van der Waals surface area contributed by atoms with Crippen LogP contribution in [0.25, 0.3) is 0 Å². The van der Waals surface area contributed by atoms with Gasteiger partial charge < -0.3 is 5.11 Å². The van der Waals surface area contributed by atoms with Crippen molar-refractivity contribution in [2.75, 3.05) is 13.2 Å². The van der Waals surface area contributed by atoms with Gasteiger partial charge in [-0.3, -0.25) is 4.90 Å². The number of nitrogens with zero attached hydrogens (tertiary/aromatic N) is 1. The minimum absolute atomic E-state index is 0.313. The van der Waals surface area contributed by atoms with Crippen LogP contribution in [0.2, 0.25) is 0 Å². The molecule has 84 valence electrons. The quantitative estimate of drug-likeness (QED) is 0.804. The first-order valence-corrected chi connectivity index (χ1v) is 6.65. The lowest BCUT2D eigenvalue weighted by Crippen LogP contribution is -2.40. The second-order valence-electron chi connectivity index (χ2n) is 4.21. The Hall–Kier alpha value is -0.380. The summed E-state index contributed by atoms with van der Waals surface area (Å²) in [6.07, 6.45) is 4.97. The molecule has 1 aromatic heterocycles. The van der Waals surface area contributed by atoms with E-state index in [0.717, 1.165) is 25.6 Å². The van der Waals surface area contributed by atoms with Gasteiger partial charge in [-0.1, -0.05) is 12.5 Å². The maximum Gasteiger partial charge on any atom is 0.0443 e. The molecule has 2 nitrogen and oxygen atoms in total. The van der Waals surface area contributed by atoms with E-state index in [-0.39, 0.29) is 0 Å². The van der Waals surface area contributed by atoms with E-state index in [2.05, 4.69) is 22.4 Å². The third-order valence-electron chi connectivity index (χ3n) is 3.13. The number of rotatable bonds is 6. The normalized spacial score (nSPS) is 16.9. The average molecular weight is 225 g/mol. The zero-order valence-electron chi connectivity index (χ0n) is 9.06. The van der Waals surface area contributed by atoms with Crippen LogP contribution in [0.15, 0.2) is 17.5 Å². The molecule has 1 aliphatic carbocycles. The molecule has 1 aliphatic rings. The summed E-state index contributed by atoms with van der Waals surface area (Å²) >= 11 is 1.83. The van der Waals surface area contributed by atoms with E-state index in [0.29, 0.717) is 6.61 Å². The van der Waals surface area contributed by atoms with Crippen molar-refractivity contribution < 1.29 is 5.11 Å². The number of aliphatic hydroxyl groups is 1. The molecule has 0 unspecified atom stereocenters. The Kier molecular flexibility index (Phi) is 4.18. The Balaban J connectivity index is 1.86. The van der Waals surface area contributed by atoms with Gasteiger partial charge in [0.2, 0.25) is 0 Å². The summed E-state index contributed by atoms with van der Waals surface area (Å²) in [4.78, 5) is 3.98. The van der Waals surface area contributed by atoms with Crippen LogP contribution in [0.3, 0.4) is 0 Å². The van der Waals surface area contributed by atoms with Crippen molar-refractivity contribution in [2.24, 2.45) is 0 Å². The van der Waals surface area contributed by atoms with Gasteiger partial charge in [-0.2, -0.15) is 0 Å². The van der Waals surface area contributed by atoms with Gasteiger partial charge in [0.25, 0.3) is 0 Å². The highest BCUT2D eigenvalue weighted by molar-refractivity contribution is 7.09. The second kappa shape index (κ2) is 5.64. The van der Waals surface area contributed by atoms with Gasteiger partial charge in [0.05, 0.1) is 0 Å². The first-order valence-electron chi connectivity index (χ1n) is 5.77. The molecule has 1 fully saturated rings. The van der Waals surface area contributed by atoms with Gasteiger partial charge in [0, 0.05) is 30.6 Å². The van der Waals surface area contributed by atoms with Crippen molar-refractivity contribution in [3.05, 3.63) is 22.4 Å². The van der Waals surface area contributed by atoms with Gasteiger partial charge in [-0.15, -0.1) is 11.3 Å². The van der Waals surface area contributed by atoms with Crippen LogP contribution in [0.5, 0.6) is 0 Å². The minimum atomic E-state index is 0.313. The third-order valence-corrected chi connectivity index (χ3v) is 3.99. The zero-order chi connectivity index (χ0) is 10.5. The Morgan fingerprint density at radius 2 is 2.33 bits per heavy atom. The summed E-state index contributed by atoms with van der Waals surface area (Å²) in [6, 6.07) is 5.10. The van der Waals surface area contributed by atoms with Crippen LogP contribution < -0.4 is 0 Å². The fourth-order valence-electron chi connectivity index (χ4n) is 2.02. The maximum absolute atomic E-state index is 8.89. The molecule has 1 heterocycles. The molecule has 0 bridgehead atoms. The molecule has 1 saturated carbocycles. The van der Waals surface area contributed by atoms with Crippen LogP contribution in [0.1, 0.15) is 30.6 Å². The lowest BCUT2D eigenvalue weighted by atomic mass is 9.91. The minimum Gasteiger partial charge on any atom is -0.396 e. The van der Waals surface area contributed by atoms with Gasteiger partial charge in [0.1, 0.15) is 0 Å². The second-order valence-corrected chi connectivity index (χ2v) is 5.24. The van der Waals surface area contributed by atoms with Crippen LogP contribution in [0, 0.1) is 0 Å². The van der Waals surface area contributed by atoms with Crippen LogP contribution in [0.4, 0.5) is 0 Å². The fourth-order valence-corrected chi connectivity index (χ4v) is 2.75. The van der Waals surface area contributed by atoms with E-state index in [1.165, 1.54) is 24.1 Å². The monoisotopic (exact) mass is 225 g/mol. The van der Waals surface area contributed by atoms with E-state index in [1.54, 1.807) is 0 Å². The molecule has 2 rings (SSSR count). The van der Waals surface area contributed by atoms with E-state index in [1.807, 2.05) is 11.3 Å². The molecule has 0 atom stereocenters. The zero-order valence-corrected chi connectivity index (χ0v) is 9.88. The van der Waals surface area contributed by atoms with E-state index in [9.17, 15) is 0 Å². The Morgan fingerprint density at radius 1 is 1.47 bits per heavy atom. The molecule has 1 aromatic rings. The van der Waals surface area contributed by atoms with Crippen LogP contribution >= 0.6 is 11.3 Å². The summed E-state index contributed by atoms with van der Waals surface area (Å²) < 4.78 is 0. The van der Waals surface area contributed by atoms with Gasteiger partial charge in [-0.25, -0.2) is 0 Å². The molecular formula is C12H19NOS. The summed E-state index contributed by atoms with van der Waals surface area (Å²) in [5.74, 6) is 0. The van der Waals surface area contributed by atoms with Gasteiger partial charge in [0.15, 0.2) is 0 Å². The number of hydrogen-bond donors (Lipinski definition) is 1. The fraction of sp³-hybridized carbons (Fsp3) is 0.667. The van der Waals surface area contributed by atoms with E-state index < -0.39 is 0 Å². The van der Waals surface area contributed by atoms with Crippen molar-refractivity contribution in [1.29, 1.82) is 0 Å². The molecule has 0 spiro atoms. The number of aliphatic hydroxyl groups excluding tert-OH is 1. The van der Waals surface area contributed by atoms with Crippen LogP contribution in [-0.4, -0.2) is 29.2 Å². The number of thiophene rings is 1. The molecule has 0 saturated heterocycles. The summed E-state index contributed by atoms with van der Waals surface area (Å²) in [5, 5.41) is 11.0. The lowest BCUT2D eigenvalue weighted by Gasteiger charge is -2.37. The smallest absolute Gasteiger partial charge is 0.0443 e. The molecule has 0 radical (unpaired) electrons. The molecule has 0 aliphatic heterocycles. The topological polar surface area (TPSA) is 23.5 Å². The summed E-state index contributed by atoms with van der Waals surface area (Å²) in [7, 11) is 0. The SMILES string of the molecule is OCCCN(Cc1cccs1)C1CCC1. The third kappa shape index (κ3) is 3.03. The first-order chi connectivity index (χ1) is 7.40. The highest BCUT2D eigenvalue weighted by atomic mass is 32.1. The standard InChI is InChI=1S/C12H19NOS/c14-8-3-7-13(11-4-1-5-11)10-12-6-2-9-15-12/h2,6,9,11,14H,1,3-5,7-8,10H2. The number of hydrogen-bond acceptors (Lipinski definition) is 3.